The number of methoxy groups -OCH3 is 2. The number of hydrogen-bond acceptors (Lipinski definition) is 4. The van der Waals surface area contributed by atoms with Crippen LogP contribution in [0.2, 0.25) is 0 Å². The van der Waals surface area contributed by atoms with Gasteiger partial charge in [0.2, 0.25) is 0 Å². The summed E-state index contributed by atoms with van der Waals surface area (Å²) in [5.74, 6) is 0.187. The Bertz CT molecular complexity index is 821. The van der Waals surface area contributed by atoms with E-state index in [1.54, 1.807) is 12.1 Å². The number of aliphatic hydroxyl groups is 1. The largest absolute Gasteiger partial charge is 0.493 e. The van der Waals surface area contributed by atoms with Crippen LogP contribution in [0, 0.1) is 11.7 Å². The van der Waals surface area contributed by atoms with E-state index in [1.807, 2.05) is 12.1 Å². The van der Waals surface area contributed by atoms with Gasteiger partial charge >= 0.3 is 0 Å². The van der Waals surface area contributed by atoms with Crippen LogP contribution in [-0.4, -0.2) is 43.8 Å². The number of nitrogens with zero attached hydrogens (tertiary/aromatic N) is 1. The van der Waals surface area contributed by atoms with Gasteiger partial charge < -0.3 is 19.5 Å². The van der Waals surface area contributed by atoms with Crippen molar-refractivity contribution in [2.24, 2.45) is 5.92 Å². The second-order valence-corrected chi connectivity index (χ2v) is 6.98. The van der Waals surface area contributed by atoms with Crippen molar-refractivity contribution in [2.75, 3.05) is 33.8 Å². The molecular weight excluding hydrogens is 345 g/mol. The molecule has 1 saturated heterocycles. The molecule has 1 unspecified atom stereocenters. The van der Waals surface area contributed by atoms with Crippen LogP contribution in [0.3, 0.4) is 0 Å². The van der Waals surface area contributed by atoms with Gasteiger partial charge in [0.05, 0.1) is 24.4 Å². The highest BCUT2D eigenvalue weighted by molar-refractivity contribution is 5.47. The molecule has 1 N–H and O–H groups in total. The van der Waals surface area contributed by atoms with Crippen molar-refractivity contribution in [1.82, 2.24) is 4.90 Å². The summed E-state index contributed by atoms with van der Waals surface area (Å²) in [7, 11) is -1.15. The third-order valence-corrected chi connectivity index (χ3v) is 5.35. The number of halogens is 1. The molecule has 1 aliphatic heterocycles. The number of para-hydroxylation sites is 1. The highest BCUT2D eigenvalue weighted by atomic mass is 19.1. The van der Waals surface area contributed by atoms with Crippen molar-refractivity contribution in [2.45, 2.75) is 25.4 Å². The first-order valence-electron chi connectivity index (χ1n) is 10.8. The molecular formula is C22H28FNO3. The van der Waals surface area contributed by atoms with Crippen molar-refractivity contribution in [3.8, 4) is 11.5 Å². The summed E-state index contributed by atoms with van der Waals surface area (Å²) in [4.78, 5) is 2.35. The molecule has 0 radical (unpaired) electrons. The summed E-state index contributed by atoms with van der Waals surface area (Å²) in [6.07, 6.45) is 1.73. The first kappa shape index (κ1) is 15.9. The van der Waals surface area contributed by atoms with E-state index in [1.165, 1.54) is 25.3 Å². The average molecular weight is 376 g/mol. The lowest BCUT2D eigenvalue weighted by Crippen LogP contribution is -2.36. The van der Waals surface area contributed by atoms with E-state index in [0.717, 1.165) is 44.5 Å². The maximum absolute atomic E-state index is 13.0. The zero-order valence-electron chi connectivity index (χ0n) is 18.5. The quantitative estimate of drug-likeness (QED) is 0.797. The zero-order chi connectivity index (χ0) is 21.7. The fraction of sp³-hybridized carbons (Fsp3) is 0.455. The lowest BCUT2D eigenvalue weighted by Gasteiger charge is -2.34. The Hall–Kier alpha value is -2.11. The normalized spacial score (nSPS) is 19.0. The molecule has 2 aromatic carbocycles. The number of hydrogen-bond donors (Lipinski definition) is 1. The molecule has 2 aromatic rings. The van der Waals surface area contributed by atoms with E-state index in [4.69, 9.17) is 13.6 Å². The molecule has 4 nitrogen and oxygen atoms in total. The van der Waals surface area contributed by atoms with E-state index in [9.17, 15) is 9.50 Å². The van der Waals surface area contributed by atoms with E-state index in [2.05, 4.69) is 4.90 Å². The second kappa shape index (κ2) is 9.20. The van der Waals surface area contributed by atoms with Crippen LogP contribution in [0.15, 0.2) is 42.5 Å². The predicted molar refractivity (Wildman–Crippen MR) is 104 cm³/mol. The van der Waals surface area contributed by atoms with Crippen LogP contribution in [0.1, 0.15) is 34.2 Å². The van der Waals surface area contributed by atoms with Crippen molar-refractivity contribution in [3.05, 3.63) is 59.4 Å². The van der Waals surface area contributed by atoms with Crippen LogP contribution >= 0.6 is 0 Å². The molecule has 3 rings (SSSR count). The fourth-order valence-corrected chi connectivity index (χ4v) is 3.75. The molecule has 0 aromatic heterocycles. The van der Waals surface area contributed by atoms with E-state index in [0.29, 0.717) is 5.56 Å². The minimum Gasteiger partial charge on any atom is -0.493 e. The van der Waals surface area contributed by atoms with Crippen molar-refractivity contribution >= 4 is 0 Å². The van der Waals surface area contributed by atoms with Crippen molar-refractivity contribution in [3.63, 3.8) is 0 Å². The van der Waals surface area contributed by atoms with Gasteiger partial charge in [0.25, 0.3) is 0 Å². The van der Waals surface area contributed by atoms with Crippen LogP contribution in [0.25, 0.3) is 0 Å². The first-order valence-corrected chi connectivity index (χ1v) is 9.27. The summed E-state index contributed by atoms with van der Waals surface area (Å²) in [6.45, 7) is 2.60. The van der Waals surface area contributed by atoms with Gasteiger partial charge in [0.1, 0.15) is 5.82 Å². The van der Waals surface area contributed by atoms with E-state index >= 15 is 0 Å². The lowest BCUT2D eigenvalue weighted by atomic mass is 9.87. The minimum absolute atomic E-state index is 0.0454. The lowest BCUT2D eigenvalue weighted by molar-refractivity contribution is 0.0573. The Morgan fingerprint density at radius 3 is 2.59 bits per heavy atom. The molecule has 27 heavy (non-hydrogen) atoms. The number of benzene rings is 2. The topological polar surface area (TPSA) is 41.9 Å². The van der Waals surface area contributed by atoms with Gasteiger partial charge in [-0.25, -0.2) is 4.39 Å². The van der Waals surface area contributed by atoms with Gasteiger partial charge in [-0.05, 0) is 62.0 Å². The molecule has 0 saturated carbocycles. The molecule has 5 heteroatoms. The number of likely N-dealkylation sites (tertiary alicyclic amines) is 1. The monoisotopic (exact) mass is 376 g/mol. The maximum atomic E-state index is 13.0. The predicted octanol–water partition coefficient (Wildman–Crippen LogP) is 3.83. The zero-order valence-corrected chi connectivity index (χ0v) is 15.5. The minimum atomic E-state index is -2.59. The summed E-state index contributed by atoms with van der Waals surface area (Å²) in [5, 5.41) is 11.0. The van der Waals surface area contributed by atoms with Gasteiger partial charge in [-0.1, -0.05) is 24.3 Å². The highest BCUT2D eigenvalue weighted by Crippen LogP contribution is 2.39. The molecule has 1 heterocycles. The number of piperidine rings is 1. The van der Waals surface area contributed by atoms with Gasteiger partial charge in [0.15, 0.2) is 11.5 Å². The molecule has 1 fully saturated rings. The average Bonchev–Trinajstić information content (AvgIpc) is 2.72. The summed E-state index contributed by atoms with van der Waals surface area (Å²) in [5.41, 5.74) is 1.65. The smallest absolute Gasteiger partial charge is 0.166 e. The Morgan fingerprint density at radius 1 is 1.19 bits per heavy atom. The summed E-state index contributed by atoms with van der Waals surface area (Å²) in [6, 6.07) is 11.5. The summed E-state index contributed by atoms with van der Waals surface area (Å²) >= 11 is 0. The maximum Gasteiger partial charge on any atom is 0.166 e. The molecule has 1 aliphatic rings. The molecule has 0 spiro atoms. The third-order valence-electron chi connectivity index (χ3n) is 5.35. The van der Waals surface area contributed by atoms with Gasteiger partial charge in [0, 0.05) is 12.1 Å². The first-order chi connectivity index (χ1) is 14.3. The number of ether oxygens (including phenoxy) is 2. The third kappa shape index (κ3) is 4.79. The Balaban J connectivity index is 1.59. The highest BCUT2D eigenvalue weighted by Gasteiger charge is 2.28. The molecule has 1 atom stereocenters. The van der Waals surface area contributed by atoms with Gasteiger partial charge in [-0.2, -0.15) is 0 Å². The van der Waals surface area contributed by atoms with Crippen molar-refractivity contribution < 1.29 is 23.1 Å². The molecule has 0 amide bonds. The standard InChI is InChI=1S/C22H28FNO3/c1-26-20-5-3-4-19(22(20)27-2)21(25)17-11-14-24(15-12-17)13-10-16-6-8-18(23)9-7-16/h3-9,17,21,25H,10-15H2,1-2H3/i1D3. The number of aliphatic hydroxyl groups excluding tert-OH is 1. The van der Waals surface area contributed by atoms with E-state index < -0.39 is 13.1 Å². The van der Waals surface area contributed by atoms with E-state index in [-0.39, 0.29) is 23.2 Å². The molecule has 0 bridgehead atoms. The van der Waals surface area contributed by atoms with Crippen LogP contribution in [0.4, 0.5) is 4.39 Å². The van der Waals surface area contributed by atoms with Crippen LogP contribution in [-0.2, 0) is 6.42 Å². The Kier molecular flexibility index (Phi) is 5.42. The van der Waals surface area contributed by atoms with Crippen LogP contribution < -0.4 is 9.47 Å². The Labute approximate surface area is 164 Å². The SMILES string of the molecule is [2H]C([2H])([2H])Oc1cccc(C(O)C2CCN(CCc3ccc(F)cc3)CC2)c1OC. The summed E-state index contributed by atoms with van der Waals surface area (Å²) < 4.78 is 45.4. The molecule has 146 valence electrons. The fourth-order valence-electron chi connectivity index (χ4n) is 3.75. The van der Waals surface area contributed by atoms with Gasteiger partial charge in [-0.3, -0.25) is 0 Å². The van der Waals surface area contributed by atoms with Crippen LogP contribution in [0.5, 0.6) is 11.5 Å². The Morgan fingerprint density at radius 2 is 1.93 bits per heavy atom. The van der Waals surface area contributed by atoms with Gasteiger partial charge in [-0.15, -0.1) is 0 Å². The number of rotatable bonds is 7. The molecule has 0 aliphatic carbocycles. The van der Waals surface area contributed by atoms with Crippen molar-refractivity contribution in [1.29, 1.82) is 0 Å². The second-order valence-electron chi connectivity index (χ2n) is 6.98.